The van der Waals surface area contributed by atoms with Gasteiger partial charge in [0.15, 0.2) is 0 Å². The zero-order valence-electron chi connectivity index (χ0n) is 15.4. The highest BCUT2D eigenvalue weighted by molar-refractivity contribution is 5.74. The number of amides is 2. The number of nitrogens with one attached hydrogen (secondary N) is 2. The Balaban J connectivity index is 1.58. The van der Waals surface area contributed by atoms with Crippen molar-refractivity contribution in [3.8, 4) is 0 Å². The van der Waals surface area contributed by atoms with Gasteiger partial charge in [-0.3, -0.25) is 4.90 Å². The topological polar surface area (TPSA) is 53.6 Å². The minimum atomic E-state index is -0.247. The molecule has 0 spiro atoms. The van der Waals surface area contributed by atoms with Gasteiger partial charge in [-0.2, -0.15) is 0 Å². The van der Waals surface area contributed by atoms with Crippen molar-refractivity contribution in [1.82, 2.24) is 15.5 Å². The summed E-state index contributed by atoms with van der Waals surface area (Å²) >= 11 is 0. The van der Waals surface area contributed by atoms with Gasteiger partial charge in [0.05, 0.1) is 19.3 Å². The number of halogens is 1. The quantitative estimate of drug-likeness (QED) is 0.790. The highest BCUT2D eigenvalue weighted by Crippen LogP contribution is 2.22. The fourth-order valence-electron chi connectivity index (χ4n) is 3.91. The van der Waals surface area contributed by atoms with Crippen LogP contribution in [0, 0.1) is 5.82 Å². The highest BCUT2D eigenvalue weighted by Gasteiger charge is 2.24. The molecule has 0 radical (unpaired) electrons. The minimum Gasteiger partial charge on any atom is -0.379 e. The van der Waals surface area contributed by atoms with Crippen LogP contribution in [-0.2, 0) is 4.74 Å². The molecule has 1 aliphatic carbocycles. The number of carbonyl (C=O) groups is 1. The molecule has 3 rings (SSSR count). The lowest BCUT2D eigenvalue weighted by atomic mass is 10.0. The maximum absolute atomic E-state index is 13.7. The average Bonchev–Trinajstić information content (AvgIpc) is 2.91. The summed E-state index contributed by atoms with van der Waals surface area (Å²) in [5.41, 5.74) is 0.890. The van der Waals surface area contributed by atoms with Gasteiger partial charge in [-0.05, 0) is 30.5 Å². The molecule has 0 aromatic heterocycles. The van der Waals surface area contributed by atoms with Crippen molar-refractivity contribution >= 4 is 6.03 Å². The second kappa shape index (κ2) is 9.88. The van der Waals surface area contributed by atoms with Crippen molar-refractivity contribution in [1.29, 1.82) is 0 Å². The lowest BCUT2D eigenvalue weighted by Crippen LogP contribution is -2.47. The van der Waals surface area contributed by atoms with Crippen LogP contribution in [0.2, 0.25) is 0 Å². The number of benzene rings is 1. The molecule has 1 unspecified atom stereocenters. The van der Waals surface area contributed by atoms with E-state index in [9.17, 15) is 9.18 Å². The normalized spacial score (nSPS) is 21.0. The van der Waals surface area contributed by atoms with E-state index in [1.807, 2.05) is 6.07 Å². The van der Waals surface area contributed by atoms with E-state index >= 15 is 0 Å². The summed E-state index contributed by atoms with van der Waals surface area (Å²) in [5.74, 6) is -0.247. The predicted molar refractivity (Wildman–Crippen MR) is 99.6 cm³/mol. The Morgan fingerprint density at radius 2 is 1.92 bits per heavy atom. The molecule has 1 aliphatic heterocycles. The van der Waals surface area contributed by atoms with Crippen LogP contribution in [0.1, 0.15) is 50.1 Å². The van der Waals surface area contributed by atoms with Crippen molar-refractivity contribution in [3.63, 3.8) is 0 Å². The first-order valence-corrected chi connectivity index (χ1v) is 9.84. The number of hydrogen-bond acceptors (Lipinski definition) is 3. The first-order chi connectivity index (χ1) is 12.7. The molecule has 1 saturated carbocycles. The van der Waals surface area contributed by atoms with E-state index in [0.29, 0.717) is 19.8 Å². The molecule has 1 heterocycles. The molecule has 2 fully saturated rings. The smallest absolute Gasteiger partial charge is 0.315 e. The summed E-state index contributed by atoms with van der Waals surface area (Å²) < 4.78 is 19.1. The SMILES string of the molecule is O=C(NCC(c1cccc(F)c1)N1CCOCC1)NC1CCCCCC1. The van der Waals surface area contributed by atoms with Gasteiger partial charge < -0.3 is 15.4 Å². The van der Waals surface area contributed by atoms with Gasteiger partial charge >= 0.3 is 6.03 Å². The molecule has 0 bridgehead atoms. The van der Waals surface area contributed by atoms with E-state index in [0.717, 1.165) is 31.5 Å². The van der Waals surface area contributed by atoms with E-state index in [2.05, 4.69) is 15.5 Å². The number of nitrogens with zero attached hydrogens (tertiary/aromatic N) is 1. The molecule has 144 valence electrons. The van der Waals surface area contributed by atoms with Crippen LogP contribution >= 0.6 is 0 Å². The molecular formula is C20H30FN3O2. The van der Waals surface area contributed by atoms with E-state index in [-0.39, 0.29) is 23.9 Å². The van der Waals surface area contributed by atoms with Crippen LogP contribution in [-0.4, -0.2) is 49.8 Å². The van der Waals surface area contributed by atoms with Gasteiger partial charge in [0.1, 0.15) is 5.82 Å². The van der Waals surface area contributed by atoms with Crippen molar-refractivity contribution in [2.24, 2.45) is 0 Å². The monoisotopic (exact) mass is 363 g/mol. The fraction of sp³-hybridized carbons (Fsp3) is 0.650. The van der Waals surface area contributed by atoms with Crippen molar-refractivity contribution in [2.75, 3.05) is 32.8 Å². The van der Waals surface area contributed by atoms with Crippen molar-refractivity contribution in [2.45, 2.75) is 50.6 Å². The van der Waals surface area contributed by atoms with Gasteiger partial charge in [0.25, 0.3) is 0 Å². The first kappa shape index (κ1) is 19.1. The van der Waals surface area contributed by atoms with Crippen LogP contribution in [0.3, 0.4) is 0 Å². The summed E-state index contributed by atoms with van der Waals surface area (Å²) in [7, 11) is 0. The molecule has 1 aromatic rings. The second-order valence-corrected chi connectivity index (χ2v) is 7.26. The summed E-state index contributed by atoms with van der Waals surface area (Å²) in [6.45, 7) is 3.36. The summed E-state index contributed by atoms with van der Waals surface area (Å²) in [5, 5.41) is 6.12. The third-order valence-electron chi connectivity index (χ3n) is 5.37. The van der Waals surface area contributed by atoms with E-state index < -0.39 is 0 Å². The number of ether oxygens (including phenoxy) is 1. The first-order valence-electron chi connectivity index (χ1n) is 9.84. The molecule has 2 aliphatic rings. The van der Waals surface area contributed by atoms with Crippen LogP contribution in [0.5, 0.6) is 0 Å². The van der Waals surface area contributed by atoms with E-state index in [1.165, 1.54) is 31.7 Å². The van der Waals surface area contributed by atoms with Gasteiger partial charge in [-0.1, -0.05) is 37.8 Å². The Labute approximate surface area is 155 Å². The molecule has 2 amide bonds. The summed E-state index contributed by atoms with van der Waals surface area (Å²) in [6, 6.07) is 6.77. The Morgan fingerprint density at radius 1 is 1.19 bits per heavy atom. The van der Waals surface area contributed by atoms with Crippen LogP contribution in [0.25, 0.3) is 0 Å². The third-order valence-corrected chi connectivity index (χ3v) is 5.37. The summed E-state index contributed by atoms with van der Waals surface area (Å²) in [6.07, 6.45) is 7.01. The van der Waals surface area contributed by atoms with Crippen LogP contribution < -0.4 is 10.6 Å². The van der Waals surface area contributed by atoms with Gasteiger partial charge in [-0.25, -0.2) is 9.18 Å². The van der Waals surface area contributed by atoms with E-state index in [1.54, 1.807) is 12.1 Å². The number of rotatable bonds is 5. The lowest BCUT2D eigenvalue weighted by molar-refractivity contribution is 0.0166. The zero-order chi connectivity index (χ0) is 18.2. The second-order valence-electron chi connectivity index (χ2n) is 7.26. The standard InChI is InChI=1S/C20H30FN3O2/c21-17-7-5-6-16(14-17)19(24-10-12-26-13-11-24)15-22-20(25)23-18-8-3-1-2-4-9-18/h5-7,14,18-19H,1-4,8-13,15H2,(H2,22,23,25). The molecule has 1 aromatic carbocycles. The van der Waals surface area contributed by atoms with Crippen molar-refractivity contribution < 1.29 is 13.9 Å². The predicted octanol–water partition coefficient (Wildman–Crippen LogP) is 3.22. The van der Waals surface area contributed by atoms with Gasteiger partial charge in [-0.15, -0.1) is 0 Å². The van der Waals surface area contributed by atoms with Crippen LogP contribution in [0.15, 0.2) is 24.3 Å². The Hall–Kier alpha value is -1.66. The average molecular weight is 363 g/mol. The largest absolute Gasteiger partial charge is 0.379 e. The molecular weight excluding hydrogens is 333 g/mol. The molecule has 1 atom stereocenters. The summed E-state index contributed by atoms with van der Waals surface area (Å²) in [4.78, 5) is 14.6. The molecule has 26 heavy (non-hydrogen) atoms. The Morgan fingerprint density at radius 3 is 2.62 bits per heavy atom. The molecule has 1 saturated heterocycles. The highest BCUT2D eigenvalue weighted by atomic mass is 19.1. The third kappa shape index (κ3) is 5.68. The number of urea groups is 1. The van der Waals surface area contributed by atoms with E-state index in [4.69, 9.17) is 4.74 Å². The van der Waals surface area contributed by atoms with Gasteiger partial charge in [0.2, 0.25) is 0 Å². The molecule has 2 N–H and O–H groups in total. The minimum absolute atomic E-state index is 0.0468. The number of morpholine rings is 1. The fourth-order valence-corrected chi connectivity index (χ4v) is 3.91. The van der Waals surface area contributed by atoms with Crippen molar-refractivity contribution in [3.05, 3.63) is 35.6 Å². The lowest BCUT2D eigenvalue weighted by Gasteiger charge is -2.35. The zero-order valence-corrected chi connectivity index (χ0v) is 15.4. The maximum Gasteiger partial charge on any atom is 0.315 e. The number of carbonyl (C=O) groups excluding carboxylic acids is 1. The number of hydrogen-bond donors (Lipinski definition) is 2. The van der Waals surface area contributed by atoms with Gasteiger partial charge in [0, 0.05) is 25.7 Å². The molecule has 6 heteroatoms. The Bertz CT molecular complexity index is 570. The molecule has 5 nitrogen and oxygen atoms in total. The Kier molecular flexibility index (Phi) is 7.26. The maximum atomic E-state index is 13.7. The van der Waals surface area contributed by atoms with Crippen LogP contribution in [0.4, 0.5) is 9.18 Å².